The summed E-state index contributed by atoms with van der Waals surface area (Å²) >= 11 is 0. The van der Waals surface area contributed by atoms with Crippen molar-refractivity contribution in [3.05, 3.63) is 17.5 Å². The Hall–Kier alpha value is -2.38. The zero-order chi connectivity index (χ0) is 15.2. The van der Waals surface area contributed by atoms with Crippen LogP contribution >= 0.6 is 0 Å². The molecular weight excluding hydrogens is 270 g/mol. The molecule has 0 saturated carbocycles. The molecule has 0 saturated heterocycles. The molecule has 8 nitrogen and oxygen atoms in total. The summed E-state index contributed by atoms with van der Waals surface area (Å²) in [6.07, 6.45) is 2.73. The second kappa shape index (κ2) is 6.87. The van der Waals surface area contributed by atoms with Crippen LogP contribution in [0, 0.1) is 6.92 Å². The molecular formula is C13H21N7O. The van der Waals surface area contributed by atoms with Gasteiger partial charge in [-0.3, -0.25) is 4.68 Å². The third-order valence-corrected chi connectivity index (χ3v) is 3.05. The molecule has 2 N–H and O–H groups in total. The zero-order valence-electron chi connectivity index (χ0n) is 12.8. The van der Waals surface area contributed by atoms with Gasteiger partial charge in [-0.1, -0.05) is 6.92 Å². The minimum atomic E-state index is 0.321. The maximum atomic E-state index is 5.46. The van der Waals surface area contributed by atoms with Crippen molar-refractivity contribution in [2.24, 2.45) is 7.05 Å². The van der Waals surface area contributed by atoms with Crippen LogP contribution in [-0.2, 0) is 13.6 Å². The van der Waals surface area contributed by atoms with E-state index < -0.39 is 0 Å². The molecule has 0 atom stereocenters. The predicted octanol–water partition coefficient (Wildman–Crippen LogP) is 1.36. The molecule has 0 aliphatic carbocycles. The van der Waals surface area contributed by atoms with Gasteiger partial charge >= 0.3 is 6.01 Å². The van der Waals surface area contributed by atoms with Gasteiger partial charge in [-0.2, -0.15) is 20.1 Å². The van der Waals surface area contributed by atoms with Crippen LogP contribution in [0.1, 0.15) is 24.6 Å². The molecule has 0 spiro atoms. The number of anilines is 2. The number of ether oxygens (including phenoxy) is 1. The number of aryl methyl sites for hydroxylation is 1. The van der Waals surface area contributed by atoms with Crippen LogP contribution in [-0.4, -0.2) is 38.4 Å². The van der Waals surface area contributed by atoms with E-state index >= 15 is 0 Å². The van der Waals surface area contributed by atoms with Gasteiger partial charge in [0.25, 0.3) is 0 Å². The highest BCUT2D eigenvalue weighted by atomic mass is 16.5. The van der Waals surface area contributed by atoms with E-state index in [0.717, 1.165) is 17.7 Å². The first-order chi connectivity index (χ1) is 10.1. The smallest absolute Gasteiger partial charge is 0.323 e. The lowest BCUT2D eigenvalue weighted by Crippen LogP contribution is -2.10. The molecule has 114 valence electrons. The average Bonchev–Trinajstić information content (AvgIpc) is 2.82. The van der Waals surface area contributed by atoms with E-state index in [9.17, 15) is 0 Å². The summed E-state index contributed by atoms with van der Waals surface area (Å²) in [5.41, 5.74) is 2.20. The summed E-state index contributed by atoms with van der Waals surface area (Å²) in [6.45, 7) is 5.23. The summed E-state index contributed by atoms with van der Waals surface area (Å²) in [6, 6.07) is 0.321. The Bertz CT molecular complexity index is 596. The number of nitrogens with zero attached hydrogens (tertiary/aromatic N) is 5. The van der Waals surface area contributed by atoms with Gasteiger partial charge in [0, 0.05) is 31.9 Å². The van der Waals surface area contributed by atoms with Crippen molar-refractivity contribution in [2.75, 3.05) is 24.3 Å². The van der Waals surface area contributed by atoms with Gasteiger partial charge in [-0.25, -0.2) is 0 Å². The Balaban J connectivity index is 2.09. The summed E-state index contributed by atoms with van der Waals surface area (Å²) < 4.78 is 7.29. The second-order valence-electron chi connectivity index (χ2n) is 4.60. The fourth-order valence-corrected chi connectivity index (χ4v) is 1.70. The van der Waals surface area contributed by atoms with Crippen LogP contribution in [0.3, 0.4) is 0 Å². The van der Waals surface area contributed by atoms with Gasteiger partial charge in [0.1, 0.15) is 0 Å². The van der Waals surface area contributed by atoms with E-state index in [1.807, 2.05) is 31.8 Å². The highest BCUT2D eigenvalue weighted by molar-refractivity contribution is 5.36. The lowest BCUT2D eigenvalue weighted by atomic mass is 10.2. The summed E-state index contributed by atoms with van der Waals surface area (Å²) in [5.74, 6) is 0.949. The van der Waals surface area contributed by atoms with Gasteiger partial charge in [0.2, 0.25) is 11.9 Å². The largest absolute Gasteiger partial charge is 0.463 e. The van der Waals surface area contributed by atoms with Gasteiger partial charge < -0.3 is 15.4 Å². The molecule has 0 aliphatic rings. The fraction of sp³-hybridized carbons (Fsp3) is 0.538. The van der Waals surface area contributed by atoms with Crippen molar-refractivity contribution < 1.29 is 4.74 Å². The molecule has 0 bridgehead atoms. The Morgan fingerprint density at radius 3 is 2.62 bits per heavy atom. The molecule has 2 aromatic rings. The monoisotopic (exact) mass is 291 g/mol. The third kappa shape index (κ3) is 3.80. The summed E-state index contributed by atoms with van der Waals surface area (Å²) in [5, 5.41) is 10.3. The normalized spacial score (nSPS) is 10.5. The molecule has 21 heavy (non-hydrogen) atoms. The van der Waals surface area contributed by atoms with E-state index in [0.29, 0.717) is 31.1 Å². The molecule has 0 aliphatic heterocycles. The molecule has 8 heteroatoms. The minimum absolute atomic E-state index is 0.321. The summed E-state index contributed by atoms with van der Waals surface area (Å²) in [4.78, 5) is 12.7. The fourth-order valence-electron chi connectivity index (χ4n) is 1.70. The number of rotatable bonds is 7. The third-order valence-electron chi connectivity index (χ3n) is 3.05. The van der Waals surface area contributed by atoms with Crippen molar-refractivity contribution in [2.45, 2.75) is 26.8 Å². The van der Waals surface area contributed by atoms with E-state index in [-0.39, 0.29) is 0 Å². The number of hydrogen-bond donors (Lipinski definition) is 2. The van der Waals surface area contributed by atoms with E-state index in [1.54, 1.807) is 7.05 Å². The van der Waals surface area contributed by atoms with Crippen molar-refractivity contribution in [3.63, 3.8) is 0 Å². The second-order valence-corrected chi connectivity index (χ2v) is 4.60. The van der Waals surface area contributed by atoms with Crippen molar-refractivity contribution >= 4 is 11.9 Å². The molecule has 0 fully saturated rings. The zero-order valence-corrected chi connectivity index (χ0v) is 12.8. The quantitative estimate of drug-likeness (QED) is 0.796. The van der Waals surface area contributed by atoms with Gasteiger partial charge in [-0.05, 0) is 13.3 Å². The van der Waals surface area contributed by atoms with Crippen LogP contribution in [0.2, 0.25) is 0 Å². The Morgan fingerprint density at radius 1 is 1.24 bits per heavy atom. The van der Waals surface area contributed by atoms with E-state index in [1.165, 1.54) is 0 Å². The Kier molecular flexibility index (Phi) is 4.91. The van der Waals surface area contributed by atoms with Crippen LogP contribution in [0.4, 0.5) is 11.9 Å². The van der Waals surface area contributed by atoms with Crippen LogP contribution < -0.4 is 15.4 Å². The minimum Gasteiger partial charge on any atom is -0.463 e. The molecule has 0 amide bonds. The van der Waals surface area contributed by atoms with Gasteiger partial charge in [0.15, 0.2) is 0 Å². The SMILES string of the molecule is CCCOc1nc(NC)nc(NCc2cnn(C)c2C)n1. The van der Waals surface area contributed by atoms with Crippen LogP contribution in [0.5, 0.6) is 6.01 Å². The molecule has 0 aromatic carbocycles. The Labute approximate surface area is 124 Å². The average molecular weight is 291 g/mol. The molecule has 0 unspecified atom stereocenters. The first-order valence-electron chi connectivity index (χ1n) is 6.92. The van der Waals surface area contributed by atoms with E-state index in [2.05, 4.69) is 30.7 Å². The molecule has 0 radical (unpaired) electrons. The number of hydrogen-bond acceptors (Lipinski definition) is 7. The number of nitrogens with one attached hydrogen (secondary N) is 2. The van der Waals surface area contributed by atoms with Crippen LogP contribution in [0.15, 0.2) is 6.20 Å². The highest BCUT2D eigenvalue weighted by Gasteiger charge is 2.08. The van der Waals surface area contributed by atoms with Crippen LogP contribution in [0.25, 0.3) is 0 Å². The van der Waals surface area contributed by atoms with E-state index in [4.69, 9.17) is 4.74 Å². The predicted molar refractivity (Wildman–Crippen MR) is 80.4 cm³/mol. The topological polar surface area (TPSA) is 89.8 Å². The van der Waals surface area contributed by atoms with Gasteiger partial charge in [0.05, 0.1) is 12.8 Å². The maximum Gasteiger partial charge on any atom is 0.323 e. The maximum absolute atomic E-state index is 5.46. The summed E-state index contributed by atoms with van der Waals surface area (Å²) in [7, 11) is 3.67. The number of aromatic nitrogens is 5. The van der Waals surface area contributed by atoms with Gasteiger partial charge in [-0.15, -0.1) is 0 Å². The molecule has 2 heterocycles. The first-order valence-corrected chi connectivity index (χ1v) is 6.92. The molecule has 2 rings (SSSR count). The Morgan fingerprint density at radius 2 is 2.00 bits per heavy atom. The first kappa shape index (κ1) is 15.0. The lowest BCUT2D eigenvalue weighted by Gasteiger charge is -2.09. The lowest BCUT2D eigenvalue weighted by molar-refractivity contribution is 0.292. The molecule has 2 aromatic heterocycles. The van der Waals surface area contributed by atoms with Crippen molar-refractivity contribution in [1.82, 2.24) is 24.7 Å². The standard InChI is InChI=1S/C13H21N7O/c1-5-6-21-13-18-11(14-3)17-12(19-13)15-7-10-8-16-20(4)9(10)2/h8H,5-7H2,1-4H3,(H2,14,15,17,18,19). The van der Waals surface area contributed by atoms with Crippen molar-refractivity contribution in [3.8, 4) is 6.01 Å². The highest BCUT2D eigenvalue weighted by Crippen LogP contribution is 2.13. The van der Waals surface area contributed by atoms with Crippen molar-refractivity contribution in [1.29, 1.82) is 0 Å².